The number of hydrogen-bond acceptors (Lipinski definition) is 5. The number of rotatable bonds is 5. The Morgan fingerprint density at radius 2 is 2.08 bits per heavy atom. The van der Waals surface area contributed by atoms with Gasteiger partial charge in [0.1, 0.15) is 5.92 Å². The van der Waals surface area contributed by atoms with E-state index in [0.717, 1.165) is 12.3 Å². The smallest absolute Gasteiger partial charge is 0.314 e. The van der Waals surface area contributed by atoms with Crippen molar-refractivity contribution in [1.29, 1.82) is 0 Å². The van der Waals surface area contributed by atoms with E-state index in [4.69, 9.17) is 23.2 Å². The molecule has 1 heterocycles. The van der Waals surface area contributed by atoms with Gasteiger partial charge in [-0.2, -0.15) is 0 Å². The number of carbonyl (C=O) groups is 1. The normalized spacial score (nSPS) is 20.8. The van der Waals surface area contributed by atoms with E-state index >= 15 is 0 Å². The first-order valence-corrected chi connectivity index (χ1v) is 9.12. The molecule has 8 heteroatoms. The number of thioether (sulfide) groups is 1. The van der Waals surface area contributed by atoms with E-state index in [1.54, 1.807) is 25.1 Å². The minimum absolute atomic E-state index is 0.339. The molecule has 0 radical (unpaired) electrons. The highest BCUT2D eigenvalue weighted by Gasteiger charge is 2.36. The zero-order valence-corrected chi connectivity index (χ0v) is 16.0. The average Bonchev–Trinajstić information content (AvgIpc) is 2.48. The van der Waals surface area contributed by atoms with Crippen molar-refractivity contribution in [3.8, 4) is 0 Å². The Balaban J connectivity index is 2.36. The molecule has 0 spiro atoms. The Bertz CT molecular complexity index is 692. The van der Waals surface area contributed by atoms with Crippen LogP contribution in [-0.2, 0) is 4.79 Å². The number of hydrogen-bond donors (Lipinski definition) is 1. The molecular formula is C16H19Cl2N3O2S. The molecule has 2 unspecified atom stereocenters. The van der Waals surface area contributed by atoms with E-state index in [2.05, 4.69) is 14.9 Å². The maximum absolute atomic E-state index is 11.7. The Morgan fingerprint density at radius 1 is 1.38 bits per heavy atom. The number of aliphatic carboxylic acids is 1. The molecule has 0 aliphatic carbocycles. The van der Waals surface area contributed by atoms with Crippen molar-refractivity contribution in [2.24, 2.45) is 15.9 Å². The van der Waals surface area contributed by atoms with Gasteiger partial charge in [0.25, 0.3) is 0 Å². The van der Waals surface area contributed by atoms with Crippen LogP contribution in [-0.4, -0.2) is 53.2 Å². The van der Waals surface area contributed by atoms with Crippen molar-refractivity contribution in [2.75, 3.05) is 26.4 Å². The van der Waals surface area contributed by atoms with Crippen LogP contribution in [0.25, 0.3) is 0 Å². The molecule has 0 saturated heterocycles. The molecule has 0 fully saturated rings. The van der Waals surface area contributed by atoms with Gasteiger partial charge in [-0.15, -0.1) is 0 Å². The van der Waals surface area contributed by atoms with Crippen LogP contribution >= 0.6 is 35.0 Å². The van der Waals surface area contributed by atoms with Gasteiger partial charge in [-0.3, -0.25) is 9.79 Å². The predicted octanol–water partition coefficient (Wildman–Crippen LogP) is 3.86. The summed E-state index contributed by atoms with van der Waals surface area (Å²) in [6, 6.07) is 4.55. The van der Waals surface area contributed by atoms with Crippen LogP contribution in [0.3, 0.4) is 0 Å². The molecule has 0 amide bonds. The van der Waals surface area contributed by atoms with E-state index < -0.39 is 17.9 Å². The van der Waals surface area contributed by atoms with Crippen LogP contribution in [0.15, 0.2) is 28.2 Å². The molecule has 1 N–H and O–H groups in total. The SMILES string of the molecule is CC1=NC(SCCN(C)C)=NC(c2cccc(Cl)c2Cl)C1C(=O)O. The van der Waals surface area contributed by atoms with Gasteiger partial charge in [0.2, 0.25) is 0 Å². The fourth-order valence-electron chi connectivity index (χ4n) is 2.37. The minimum Gasteiger partial charge on any atom is -0.481 e. The fourth-order valence-corrected chi connectivity index (χ4v) is 3.83. The Hall–Kier alpha value is -1.08. The molecule has 2 atom stereocenters. The van der Waals surface area contributed by atoms with Crippen LogP contribution in [0.4, 0.5) is 0 Å². The maximum Gasteiger partial charge on any atom is 0.314 e. The van der Waals surface area contributed by atoms with Crippen molar-refractivity contribution in [2.45, 2.75) is 13.0 Å². The third kappa shape index (κ3) is 4.51. The molecule has 2 rings (SSSR count). The first kappa shape index (κ1) is 19.2. The molecule has 1 aliphatic rings. The largest absolute Gasteiger partial charge is 0.481 e. The second kappa shape index (κ2) is 8.34. The quantitative estimate of drug-likeness (QED) is 0.832. The van der Waals surface area contributed by atoms with Crippen molar-refractivity contribution in [3.05, 3.63) is 33.8 Å². The lowest BCUT2D eigenvalue weighted by Crippen LogP contribution is -2.31. The molecule has 1 aromatic carbocycles. The van der Waals surface area contributed by atoms with Crippen LogP contribution in [0.1, 0.15) is 18.5 Å². The first-order valence-electron chi connectivity index (χ1n) is 7.38. The van der Waals surface area contributed by atoms with Crippen LogP contribution < -0.4 is 0 Å². The van der Waals surface area contributed by atoms with Gasteiger partial charge in [0, 0.05) is 18.0 Å². The van der Waals surface area contributed by atoms with E-state index in [1.807, 2.05) is 14.1 Å². The summed E-state index contributed by atoms with van der Waals surface area (Å²) < 4.78 is 0. The lowest BCUT2D eigenvalue weighted by molar-refractivity contribution is -0.140. The summed E-state index contributed by atoms with van der Waals surface area (Å²) in [6.45, 7) is 2.59. The fraction of sp³-hybridized carbons (Fsp3) is 0.438. The van der Waals surface area contributed by atoms with Gasteiger partial charge in [-0.1, -0.05) is 47.1 Å². The third-order valence-corrected chi connectivity index (χ3v) is 5.30. The number of nitrogens with zero attached hydrogens (tertiary/aromatic N) is 3. The van der Waals surface area contributed by atoms with Crippen LogP contribution in [0.2, 0.25) is 10.0 Å². The number of benzene rings is 1. The highest BCUT2D eigenvalue weighted by Crippen LogP contribution is 2.38. The number of carboxylic acid groups (broad SMARTS) is 1. The third-order valence-electron chi connectivity index (χ3n) is 3.62. The van der Waals surface area contributed by atoms with Gasteiger partial charge < -0.3 is 10.0 Å². The second-order valence-corrected chi connectivity index (χ2v) is 7.57. The number of aliphatic imine (C=N–C) groups is 2. The van der Waals surface area contributed by atoms with E-state index in [0.29, 0.717) is 26.5 Å². The molecule has 0 aromatic heterocycles. The Morgan fingerprint density at radius 3 is 2.71 bits per heavy atom. The first-order chi connectivity index (χ1) is 11.3. The van der Waals surface area contributed by atoms with E-state index in [-0.39, 0.29) is 0 Å². The standard InChI is InChI=1S/C16H19Cl2N3O2S/c1-9-12(15(22)23)14(10-5-4-6-11(17)13(10)18)20-16(19-9)24-8-7-21(2)3/h4-6,12,14H,7-8H2,1-3H3,(H,22,23). The van der Waals surface area contributed by atoms with Gasteiger partial charge in [-0.05, 0) is 32.6 Å². The van der Waals surface area contributed by atoms with E-state index in [1.165, 1.54) is 11.8 Å². The van der Waals surface area contributed by atoms with Crippen molar-refractivity contribution >= 4 is 51.8 Å². The van der Waals surface area contributed by atoms with Gasteiger partial charge in [-0.25, -0.2) is 4.99 Å². The molecule has 1 aromatic rings. The van der Waals surface area contributed by atoms with Crippen LogP contribution in [0.5, 0.6) is 0 Å². The molecule has 0 bridgehead atoms. The summed E-state index contributed by atoms with van der Waals surface area (Å²) in [5.41, 5.74) is 1.13. The summed E-state index contributed by atoms with van der Waals surface area (Å²) in [5.74, 6) is -1.01. The summed E-state index contributed by atoms with van der Waals surface area (Å²) in [4.78, 5) is 22.7. The zero-order valence-electron chi connectivity index (χ0n) is 13.7. The molecule has 130 valence electrons. The topological polar surface area (TPSA) is 65.3 Å². The summed E-state index contributed by atoms with van der Waals surface area (Å²) in [6.07, 6.45) is 0. The van der Waals surface area contributed by atoms with Gasteiger partial charge in [0.15, 0.2) is 5.17 Å². The van der Waals surface area contributed by atoms with Gasteiger partial charge >= 0.3 is 5.97 Å². The molecule has 1 aliphatic heterocycles. The lowest BCUT2D eigenvalue weighted by atomic mass is 9.89. The average molecular weight is 388 g/mol. The number of carboxylic acids is 1. The van der Waals surface area contributed by atoms with Gasteiger partial charge in [0.05, 0.1) is 16.1 Å². The Labute approximate surface area is 155 Å². The maximum atomic E-state index is 11.7. The molecule has 24 heavy (non-hydrogen) atoms. The van der Waals surface area contributed by atoms with Crippen molar-refractivity contribution in [1.82, 2.24) is 4.90 Å². The second-order valence-electron chi connectivity index (χ2n) is 5.72. The van der Waals surface area contributed by atoms with Crippen molar-refractivity contribution in [3.63, 3.8) is 0 Å². The van der Waals surface area contributed by atoms with Crippen LogP contribution in [0, 0.1) is 5.92 Å². The molecule has 5 nitrogen and oxygen atoms in total. The minimum atomic E-state index is -0.974. The molecular weight excluding hydrogens is 369 g/mol. The Kier molecular flexibility index (Phi) is 6.69. The number of amidine groups is 1. The lowest BCUT2D eigenvalue weighted by Gasteiger charge is -2.26. The van der Waals surface area contributed by atoms with Crippen molar-refractivity contribution < 1.29 is 9.90 Å². The predicted molar refractivity (Wildman–Crippen MR) is 102 cm³/mol. The highest BCUT2D eigenvalue weighted by molar-refractivity contribution is 8.13. The zero-order chi connectivity index (χ0) is 17.9. The summed E-state index contributed by atoms with van der Waals surface area (Å²) in [7, 11) is 3.99. The monoisotopic (exact) mass is 387 g/mol. The summed E-state index contributed by atoms with van der Waals surface area (Å²) >= 11 is 13.9. The highest BCUT2D eigenvalue weighted by atomic mass is 35.5. The number of halogens is 2. The van der Waals surface area contributed by atoms with E-state index in [9.17, 15) is 9.90 Å². The molecule has 0 saturated carbocycles. The summed E-state index contributed by atoms with van der Waals surface area (Å²) in [5, 5.41) is 10.9.